The van der Waals surface area contributed by atoms with E-state index in [-0.39, 0.29) is 12.4 Å². The topological polar surface area (TPSA) is 21.3 Å². The lowest BCUT2D eigenvalue weighted by atomic mass is 10.1. The standard InChI is InChI=1S/C11H15NO.ClH/c1-9-7-12-11(8-13-9)10-5-3-2-4-6-10;/h2-6,9,11-12H,7-8H2,1H3;1H/t9-,11+;/m1./s1. The van der Waals surface area contributed by atoms with Crippen molar-refractivity contribution in [3.8, 4) is 0 Å². The van der Waals surface area contributed by atoms with E-state index in [4.69, 9.17) is 4.74 Å². The fraction of sp³-hybridized carbons (Fsp3) is 0.455. The Kier molecular flexibility index (Phi) is 4.39. The molecule has 0 saturated carbocycles. The third kappa shape index (κ3) is 2.71. The summed E-state index contributed by atoms with van der Waals surface area (Å²) in [6.45, 7) is 3.82. The highest BCUT2D eigenvalue weighted by atomic mass is 35.5. The molecule has 0 bridgehead atoms. The van der Waals surface area contributed by atoms with E-state index < -0.39 is 0 Å². The molecule has 1 aromatic carbocycles. The first-order valence-electron chi connectivity index (χ1n) is 4.76. The molecule has 3 heteroatoms. The summed E-state index contributed by atoms with van der Waals surface area (Å²) in [5.41, 5.74) is 1.31. The first kappa shape index (κ1) is 11.5. The van der Waals surface area contributed by atoms with Gasteiger partial charge in [-0.2, -0.15) is 0 Å². The lowest BCUT2D eigenvalue weighted by molar-refractivity contribution is 0.0149. The predicted molar refractivity (Wildman–Crippen MR) is 59.8 cm³/mol. The number of morpholine rings is 1. The fourth-order valence-electron chi connectivity index (χ4n) is 1.59. The molecular formula is C11H16ClNO. The minimum atomic E-state index is 0. The Morgan fingerprint density at radius 3 is 2.57 bits per heavy atom. The summed E-state index contributed by atoms with van der Waals surface area (Å²) in [4.78, 5) is 0. The zero-order chi connectivity index (χ0) is 9.10. The van der Waals surface area contributed by atoms with Crippen molar-refractivity contribution in [2.45, 2.75) is 19.1 Å². The molecule has 1 heterocycles. The Bertz CT molecular complexity index is 257. The second kappa shape index (κ2) is 5.35. The number of rotatable bonds is 1. The first-order valence-corrected chi connectivity index (χ1v) is 4.76. The highest BCUT2D eigenvalue weighted by Gasteiger charge is 2.18. The quantitative estimate of drug-likeness (QED) is 0.772. The van der Waals surface area contributed by atoms with Crippen LogP contribution < -0.4 is 5.32 Å². The second-order valence-electron chi connectivity index (χ2n) is 3.52. The van der Waals surface area contributed by atoms with Gasteiger partial charge in [0.2, 0.25) is 0 Å². The van der Waals surface area contributed by atoms with Crippen LogP contribution in [-0.4, -0.2) is 19.3 Å². The van der Waals surface area contributed by atoms with Crippen LogP contribution in [0.2, 0.25) is 0 Å². The lowest BCUT2D eigenvalue weighted by Crippen LogP contribution is -2.39. The van der Waals surface area contributed by atoms with Gasteiger partial charge in [-0.25, -0.2) is 0 Å². The van der Waals surface area contributed by atoms with Crippen LogP contribution >= 0.6 is 12.4 Å². The third-order valence-electron chi connectivity index (χ3n) is 2.40. The van der Waals surface area contributed by atoms with E-state index in [9.17, 15) is 0 Å². The van der Waals surface area contributed by atoms with Crippen LogP contribution in [-0.2, 0) is 4.74 Å². The molecule has 14 heavy (non-hydrogen) atoms. The van der Waals surface area contributed by atoms with Crippen molar-refractivity contribution in [2.75, 3.05) is 13.2 Å². The summed E-state index contributed by atoms with van der Waals surface area (Å²) in [6, 6.07) is 10.8. The van der Waals surface area contributed by atoms with E-state index in [1.54, 1.807) is 0 Å². The van der Waals surface area contributed by atoms with E-state index in [0.29, 0.717) is 12.1 Å². The van der Waals surface area contributed by atoms with E-state index in [1.165, 1.54) is 5.56 Å². The molecule has 0 unspecified atom stereocenters. The summed E-state index contributed by atoms with van der Waals surface area (Å²) in [5.74, 6) is 0. The average molecular weight is 214 g/mol. The van der Waals surface area contributed by atoms with Gasteiger partial charge in [0, 0.05) is 6.54 Å². The lowest BCUT2D eigenvalue weighted by Gasteiger charge is -2.28. The number of benzene rings is 1. The van der Waals surface area contributed by atoms with Gasteiger partial charge < -0.3 is 10.1 Å². The van der Waals surface area contributed by atoms with Gasteiger partial charge in [-0.15, -0.1) is 12.4 Å². The normalized spacial score (nSPS) is 26.6. The number of hydrogen-bond donors (Lipinski definition) is 1. The summed E-state index contributed by atoms with van der Waals surface area (Å²) < 4.78 is 5.58. The van der Waals surface area contributed by atoms with Crippen LogP contribution in [0.5, 0.6) is 0 Å². The maximum atomic E-state index is 5.58. The van der Waals surface area contributed by atoms with Gasteiger partial charge in [-0.05, 0) is 12.5 Å². The smallest absolute Gasteiger partial charge is 0.0672 e. The molecule has 1 aliphatic rings. The van der Waals surface area contributed by atoms with Crippen molar-refractivity contribution in [3.05, 3.63) is 35.9 Å². The summed E-state index contributed by atoms with van der Waals surface area (Å²) >= 11 is 0. The van der Waals surface area contributed by atoms with Gasteiger partial charge in [-0.1, -0.05) is 30.3 Å². The molecule has 1 aromatic rings. The second-order valence-corrected chi connectivity index (χ2v) is 3.52. The minimum absolute atomic E-state index is 0. The highest BCUT2D eigenvalue weighted by molar-refractivity contribution is 5.85. The largest absolute Gasteiger partial charge is 0.375 e. The number of hydrogen-bond acceptors (Lipinski definition) is 2. The molecule has 0 amide bonds. The van der Waals surface area contributed by atoms with Crippen molar-refractivity contribution in [2.24, 2.45) is 0 Å². The van der Waals surface area contributed by atoms with Crippen molar-refractivity contribution >= 4 is 12.4 Å². The molecule has 2 nitrogen and oxygen atoms in total. The van der Waals surface area contributed by atoms with Gasteiger partial charge >= 0.3 is 0 Å². The average Bonchev–Trinajstić information content (AvgIpc) is 2.20. The van der Waals surface area contributed by atoms with E-state index >= 15 is 0 Å². The van der Waals surface area contributed by atoms with Crippen LogP contribution in [0.3, 0.4) is 0 Å². The Hall–Kier alpha value is -0.570. The van der Waals surface area contributed by atoms with Crippen LogP contribution in [0.15, 0.2) is 30.3 Å². The zero-order valence-corrected chi connectivity index (χ0v) is 9.09. The molecule has 1 aliphatic heterocycles. The maximum Gasteiger partial charge on any atom is 0.0672 e. The fourth-order valence-corrected chi connectivity index (χ4v) is 1.59. The van der Waals surface area contributed by atoms with Crippen LogP contribution in [0, 0.1) is 0 Å². The molecule has 1 N–H and O–H groups in total. The SMILES string of the molecule is C[C@@H]1CN[C@H](c2ccccc2)CO1.Cl. The van der Waals surface area contributed by atoms with Crippen molar-refractivity contribution in [3.63, 3.8) is 0 Å². The predicted octanol–water partition coefficient (Wildman–Crippen LogP) is 2.16. The number of halogens is 1. The summed E-state index contributed by atoms with van der Waals surface area (Å²) in [6.07, 6.45) is 0.347. The maximum absolute atomic E-state index is 5.58. The summed E-state index contributed by atoms with van der Waals surface area (Å²) in [5, 5.41) is 3.46. The van der Waals surface area contributed by atoms with Crippen LogP contribution in [0.25, 0.3) is 0 Å². The Labute approximate surface area is 91.1 Å². The van der Waals surface area contributed by atoms with E-state index in [2.05, 4.69) is 36.5 Å². The van der Waals surface area contributed by atoms with Crippen LogP contribution in [0.4, 0.5) is 0 Å². The van der Waals surface area contributed by atoms with Gasteiger partial charge in [0.1, 0.15) is 0 Å². The van der Waals surface area contributed by atoms with Crippen LogP contribution in [0.1, 0.15) is 18.5 Å². The highest BCUT2D eigenvalue weighted by Crippen LogP contribution is 2.16. The molecule has 0 radical (unpaired) electrons. The van der Waals surface area contributed by atoms with Crippen molar-refractivity contribution in [1.82, 2.24) is 5.32 Å². The van der Waals surface area contributed by atoms with E-state index in [0.717, 1.165) is 13.2 Å². The minimum Gasteiger partial charge on any atom is -0.375 e. The molecule has 1 fully saturated rings. The Morgan fingerprint density at radius 1 is 1.29 bits per heavy atom. The molecule has 78 valence electrons. The zero-order valence-electron chi connectivity index (χ0n) is 8.27. The van der Waals surface area contributed by atoms with Crippen molar-refractivity contribution < 1.29 is 4.74 Å². The Balaban J connectivity index is 0.000000980. The third-order valence-corrected chi connectivity index (χ3v) is 2.40. The molecule has 1 saturated heterocycles. The molecule has 2 atom stereocenters. The first-order chi connectivity index (χ1) is 6.36. The molecule has 0 aliphatic carbocycles. The van der Waals surface area contributed by atoms with Crippen molar-refractivity contribution in [1.29, 1.82) is 0 Å². The Morgan fingerprint density at radius 2 is 2.00 bits per heavy atom. The molecule has 0 aromatic heterocycles. The van der Waals surface area contributed by atoms with Gasteiger partial charge in [0.15, 0.2) is 0 Å². The van der Waals surface area contributed by atoms with Gasteiger partial charge in [-0.3, -0.25) is 0 Å². The van der Waals surface area contributed by atoms with Gasteiger partial charge in [0.05, 0.1) is 18.8 Å². The monoisotopic (exact) mass is 213 g/mol. The molecule has 2 rings (SSSR count). The molecular weight excluding hydrogens is 198 g/mol. The summed E-state index contributed by atoms with van der Waals surface area (Å²) in [7, 11) is 0. The molecule has 0 spiro atoms. The number of ether oxygens (including phenoxy) is 1. The van der Waals surface area contributed by atoms with Gasteiger partial charge in [0.25, 0.3) is 0 Å². The number of nitrogens with one attached hydrogen (secondary N) is 1. The van der Waals surface area contributed by atoms with E-state index in [1.807, 2.05) is 6.07 Å².